The van der Waals surface area contributed by atoms with E-state index in [9.17, 15) is 0 Å². The molecule has 1 saturated carbocycles. The monoisotopic (exact) mass is 281 g/mol. The normalized spacial score (nSPS) is 25.9. The Labute approximate surface area is 128 Å². The molecule has 1 rings (SSSR count). The minimum Gasteiger partial charge on any atom is -0.303 e. The van der Waals surface area contributed by atoms with Crippen LogP contribution in [0.3, 0.4) is 0 Å². The Morgan fingerprint density at radius 2 is 1.65 bits per heavy atom. The molecular formula is C19H39N. The van der Waals surface area contributed by atoms with Crippen molar-refractivity contribution in [2.45, 2.75) is 80.1 Å². The quantitative estimate of drug-likeness (QED) is 0.587. The van der Waals surface area contributed by atoms with Gasteiger partial charge in [-0.1, -0.05) is 54.4 Å². The molecule has 1 atom stereocenters. The van der Waals surface area contributed by atoms with Crippen molar-refractivity contribution in [3.05, 3.63) is 0 Å². The van der Waals surface area contributed by atoms with Crippen LogP contribution in [0.15, 0.2) is 0 Å². The van der Waals surface area contributed by atoms with Gasteiger partial charge in [-0.25, -0.2) is 0 Å². The van der Waals surface area contributed by atoms with E-state index in [1.54, 1.807) is 0 Å². The fourth-order valence-electron chi connectivity index (χ4n) is 4.04. The van der Waals surface area contributed by atoms with E-state index in [1.165, 1.54) is 58.2 Å². The lowest BCUT2D eigenvalue weighted by Crippen LogP contribution is -2.31. The molecule has 0 aromatic rings. The van der Waals surface area contributed by atoms with Gasteiger partial charge in [-0.2, -0.15) is 0 Å². The van der Waals surface area contributed by atoms with E-state index >= 15 is 0 Å². The molecule has 0 amide bonds. The van der Waals surface area contributed by atoms with Gasteiger partial charge in [0.2, 0.25) is 0 Å². The summed E-state index contributed by atoms with van der Waals surface area (Å²) in [6, 6.07) is 0. The maximum absolute atomic E-state index is 2.63. The van der Waals surface area contributed by atoms with Crippen LogP contribution in [-0.2, 0) is 0 Å². The number of hydrogen-bond acceptors (Lipinski definition) is 1. The highest BCUT2D eigenvalue weighted by atomic mass is 15.1. The van der Waals surface area contributed by atoms with Crippen LogP contribution < -0.4 is 0 Å². The van der Waals surface area contributed by atoms with Gasteiger partial charge in [0.15, 0.2) is 0 Å². The molecule has 0 spiro atoms. The highest BCUT2D eigenvalue weighted by molar-refractivity contribution is 4.81. The van der Waals surface area contributed by atoms with Crippen molar-refractivity contribution in [3.8, 4) is 0 Å². The Balaban J connectivity index is 2.29. The molecule has 1 aliphatic carbocycles. The van der Waals surface area contributed by atoms with Gasteiger partial charge < -0.3 is 4.90 Å². The zero-order valence-corrected chi connectivity index (χ0v) is 15.0. The van der Waals surface area contributed by atoms with Gasteiger partial charge in [-0.15, -0.1) is 0 Å². The number of rotatable bonds is 7. The van der Waals surface area contributed by atoms with Crippen LogP contribution in [0.2, 0.25) is 0 Å². The standard InChI is InChI=1S/C19H39N/c1-7-13-20(8-2)15-16(3)14-17-9-11-18(12-10-17)19(4,5)6/h16-18H,7-15H2,1-6H3/t16?,17-,18-. The highest BCUT2D eigenvalue weighted by Crippen LogP contribution is 2.41. The first-order chi connectivity index (χ1) is 9.36. The van der Waals surface area contributed by atoms with E-state index in [4.69, 9.17) is 0 Å². The molecule has 0 saturated heterocycles. The van der Waals surface area contributed by atoms with Crippen LogP contribution in [0.1, 0.15) is 80.1 Å². The Kier molecular flexibility index (Phi) is 7.58. The maximum atomic E-state index is 2.63. The number of nitrogens with zero attached hydrogens (tertiary/aromatic N) is 1. The van der Waals surface area contributed by atoms with Crippen LogP contribution in [0, 0.1) is 23.2 Å². The number of hydrogen-bond donors (Lipinski definition) is 0. The maximum Gasteiger partial charge on any atom is 0.000700 e. The third-order valence-electron chi connectivity index (χ3n) is 5.36. The Hall–Kier alpha value is -0.0400. The van der Waals surface area contributed by atoms with E-state index in [1.807, 2.05) is 0 Å². The molecule has 1 nitrogen and oxygen atoms in total. The summed E-state index contributed by atoms with van der Waals surface area (Å²) in [5.41, 5.74) is 0.525. The first-order valence-electron chi connectivity index (χ1n) is 9.09. The third kappa shape index (κ3) is 6.16. The van der Waals surface area contributed by atoms with Crippen molar-refractivity contribution in [1.29, 1.82) is 0 Å². The van der Waals surface area contributed by atoms with Crippen LogP contribution >= 0.6 is 0 Å². The lowest BCUT2D eigenvalue weighted by atomic mass is 9.68. The van der Waals surface area contributed by atoms with Crippen molar-refractivity contribution in [1.82, 2.24) is 4.90 Å². The molecule has 20 heavy (non-hydrogen) atoms. The van der Waals surface area contributed by atoms with Gasteiger partial charge >= 0.3 is 0 Å². The summed E-state index contributed by atoms with van der Waals surface area (Å²) in [4.78, 5) is 2.63. The molecule has 120 valence electrons. The second kappa shape index (κ2) is 8.41. The zero-order chi connectivity index (χ0) is 15.2. The van der Waals surface area contributed by atoms with E-state index in [2.05, 4.69) is 46.4 Å². The fourth-order valence-corrected chi connectivity index (χ4v) is 4.04. The third-order valence-corrected chi connectivity index (χ3v) is 5.36. The van der Waals surface area contributed by atoms with Crippen LogP contribution in [0.5, 0.6) is 0 Å². The summed E-state index contributed by atoms with van der Waals surface area (Å²) in [6.07, 6.45) is 8.63. The first-order valence-corrected chi connectivity index (χ1v) is 9.09. The largest absolute Gasteiger partial charge is 0.303 e. The van der Waals surface area contributed by atoms with Crippen LogP contribution in [0.4, 0.5) is 0 Å². The van der Waals surface area contributed by atoms with E-state index in [0.29, 0.717) is 5.41 Å². The molecule has 0 bridgehead atoms. The van der Waals surface area contributed by atoms with Crippen molar-refractivity contribution in [3.63, 3.8) is 0 Å². The summed E-state index contributed by atoms with van der Waals surface area (Å²) in [5, 5.41) is 0. The molecule has 0 heterocycles. The molecule has 0 aromatic carbocycles. The zero-order valence-electron chi connectivity index (χ0n) is 15.0. The Bertz CT molecular complexity index is 245. The summed E-state index contributed by atoms with van der Waals surface area (Å²) in [6.45, 7) is 18.1. The lowest BCUT2D eigenvalue weighted by molar-refractivity contribution is 0.133. The highest BCUT2D eigenvalue weighted by Gasteiger charge is 2.30. The van der Waals surface area contributed by atoms with Crippen molar-refractivity contribution >= 4 is 0 Å². The minimum absolute atomic E-state index is 0.525. The van der Waals surface area contributed by atoms with Crippen molar-refractivity contribution in [2.75, 3.05) is 19.6 Å². The van der Waals surface area contributed by atoms with E-state index in [-0.39, 0.29) is 0 Å². The topological polar surface area (TPSA) is 3.24 Å². The molecule has 1 heteroatoms. The van der Waals surface area contributed by atoms with Crippen molar-refractivity contribution in [2.24, 2.45) is 23.2 Å². The van der Waals surface area contributed by atoms with Gasteiger partial charge in [-0.05, 0) is 61.9 Å². The van der Waals surface area contributed by atoms with E-state index in [0.717, 1.165) is 17.8 Å². The smallest absolute Gasteiger partial charge is 0.000700 e. The second-order valence-electron chi connectivity index (χ2n) is 8.32. The average molecular weight is 282 g/mol. The van der Waals surface area contributed by atoms with Gasteiger partial charge in [-0.3, -0.25) is 0 Å². The van der Waals surface area contributed by atoms with E-state index < -0.39 is 0 Å². The summed E-state index contributed by atoms with van der Waals surface area (Å²) in [7, 11) is 0. The summed E-state index contributed by atoms with van der Waals surface area (Å²) < 4.78 is 0. The second-order valence-corrected chi connectivity index (χ2v) is 8.32. The van der Waals surface area contributed by atoms with Gasteiger partial charge in [0.1, 0.15) is 0 Å². The molecule has 0 radical (unpaired) electrons. The van der Waals surface area contributed by atoms with Crippen LogP contribution in [0.25, 0.3) is 0 Å². The van der Waals surface area contributed by atoms with Gasteiger partial charge in [0.05, 0.1) is 0 Å². The Morgan fingerprint density at radius 1 is 1.05 bits per heavy atom. The molecule has 1 aliphatic rings. The lowest BCUT2D eigenvalue weighted by Gasteiger charge is -2.38. The molecule has 1 unspecified atom stereocenters. The first kappa shape index (κ1) is 18.0. The molecule has 0 N–H and O–H groups in total. The van der Waals surface area contributed by atoms with Crippen LogP contribution in [-0.4, -0.2) is 24.5 Å². The predicted molar refractivity (Wildman–Crippen MR) is 91.1 cm³/mol. The molecular weight excluding hydrogens is 242 g/mol. The predicted octanol–water partition coefficient (Wildman–Crippen LogP) is 5.60. The average Bonchev–Trinajstić information content (AvgIpc) is 2.37. The minimum atomic E-state index is 0.525. The summed E-state index contributed by atoms with van der Waals surface area (Å²) in [5.74, 6) is 2.84. The fraction of sp³-hybridized carbons (Fsp3) is 1.00. The van der Waals surface area contributed by atoms with Gasteiger partial charge in [0.25, 0.3) is 0 Å². The summed E-state index contributed by atoms with van der Waals surface area (Å²) >= 11 is 0. The molecule has 1 fully saturated rings. The van der Waals surface area contributed by atoms with Crippen molar-refractivity contribution < 1.29 is 0 Å². The Morgan fingerprint density at radius 3 is 2.10 bits per heavy atom. The molecule has 0 aromatic heterocycles. The molecule has 0 aliphatic heterocycles. The van der Waals surface area contributed by atoms with Gasteiger partial charge in [0, 0.05) is 6.54 Å². The SMILES string of the molecule is CCCN(CC)CC(C)C[C@H]1CC[C@H](C(C)(C)C)CC1.